The van der Waals surface area contributed by atoms with Gasteiger partial charge in [-0.1, -0.05) is 12.1 Å². The molecular formula is C20H20N4O7. The predicted molar refractivity (Wildman–Crippen MR) is 111 cm³/mol. The van der Waals surface area contributed by atoms with Crippen LogP contribution in [0.2, 0.25) is 0 Å². The molecule has 1 fully saturated rings. The molecule has 0 spiro atoms. The van der Waals surface area contributed by atoms with Gasteiger partial charge in [0.25, 0.3) is 17.3 Å². The van der Waals surface area contributed by atoms with Crippen LogP contribution in [0.3, 0.4) is 0 Å². The van der Waals surface area contributed by atoms with Crippen LogP contribution in [0, 0.1) is 27.2 Å². The van der Waals surface area contributed by atoms with Crippen molar-refractivity contribution < 1.29 is 24.2 Å². The number of anilines is 2. The van der Waals surface area contributed by atoms with E-state index in [-0.39, 0.29) is 22.6 Å². The van der Waals surface area contributed by atoms with Crippen molar-refractivity contribution in [2.75, 3.05) is 29.9 Å². The smallest absolute Gasteiger partial charge is 0.341 e. The summed E-state index contributed by atoms with van der Waals surface area (Å²) >= 11 is 0. The molecule has 0 aliphatic carbocycles. The van der Waals surface area contributed by atoms with E-state index in [1.165, 1.54) is 24.3 Å². The summed E-state index contributed by atoms with van der Waals surface area (Å²) in [7, 11) is 0. The maximum atomic E-state index is 12.6. The van der Waals surface area contributed by atoms with E-state index < -0.39 is 28.3 Å². The number of hydrogen-bond donors (Lipinski definition) is 1. The number of esters is 1. The van der Waals surface area contributed by atoms with E-state index in [0.717, 1.165) is 18.9 Å². The molecule has 0 unspecified atom stereocenters. The lowest BCUT2D eigenvalue weighted by molar-refractivity contribution is -0.384. The zero-order chi connectivity index (χ0) is 22.5. The molecule has 1 aliphatic rings. The summed E-state index contributed by atoms with van der Waals surface area (Å²) in [5, 5.41) is 24.7. The zero-order valence-electron chi connectivity index (χ0n) is 16.7. The van der Waals surface area contributed by atoms with Crippen LogP contribution in [0.5, 0.6) is 0 Å². The van der Waals surface area contributed by atoms with E-state index in [0.29, 0.717) is 24.3 Å². The predicted octanol–water partition coefficient (Wildman–Crippen LogP) is 3.21. The molecule has 3 rings (SSSR count). The van der Waals surface area contributed by atoms with Crippen LogP contribution in [-0.2, 0) is 9.53 Å². The van der Waals surface area contributed by atoms with Crippen molar-refractivity contribution in [1.82, 2.24) is 0 Å². The molecule has 2 aromatic carbocycles. The molecule has 0 atom stereocenters. The number of hydrogen-bond acceptors (Lipinski definition) is 8. The lowest BCUT2D eigenvalue weighted by Gasteiger charge is -2.20. The lowest BCUT2D eigenvalue weighted by Crippen LogP contribution is -2.24. The monoisotopic (exact) mass is 428 g/mol. The van der Waals surface area contributed by atoms with Crippen molar-refractivity contribution in [2.24, 2.45) is 0 Å². The summed E-state index contributed by atoms with van der Waals surface area (Å²) in [4.78, 5) is 47.9. The second-order valence-corrected chi connectivity index (χ2v) is 7.00. The van der Waals surface area contributed by atoms with E-state index in [4.69, 9.17) is 4.74 Å². The summed E-state index contributed by atoms with van der Waals surface area (Å²) in [5.41, 5.74) is 0.434. The number of para-hydroxylation sites is 1. The van der Waals surface area contributed by atoms with Crippen LogP contribution in [-0.4, -0.2) is 41.4 Å². The molecule has 0 radical (unpaired) electrons. The minimum atomic E-state index is -0.889. The Bertz CT molecular complexity index is 1050. The number of nitro benzene ring substituents is 2. The molecule has 1 aliphatic heterocycles. The number of nitrogens with one attached hydrogen (secondary N) is 1. The zero-order valence-corrected chi connectivity index (χ0v) is 16.7. The molecule has 31 heavy (non-hydrogen) atoms. The van der Waals surface area contributed by atoms with Crippen molar-refractivity contribution in [3.63, 3.8) is 0 Å². The van der Waals surface area contributed by atoms with E-state index in [1.54, 1.807) is 13.0 Å². The molecule has 0 saturated carbocycles. The second-order valence-electron chi connectivity index (χ2n) is 7.00. The Labute approximate surface area is 176 Å². The minimum absolute atomic E-state index is 0.00854. The molecule has 1 amide bonds. The third-order valence-corrected chi connectivity index (χ3v) is 4.90. The van der Waals surface area contributed by atoms with Crippen LogP contribution >= 0.6 is 0 Å². The fraction of sp³-hybridized carbons (Fsp3) is 0.300. The van der Waals surface area contributed by atoms with Gasteiger partial charge in [-0.25, -0.2) is 4.79 Å². The van der Waals surface area contributed by atoms with E-state index >= 15 is 0 Å². The van der Waals surface area contributed by atoms with Crippen LogP contribution in [0.15, 0.2) is 36.4 Å². The van der Waals surface area contributed by atoms with Crippen molar-refractivity contribution in [2.45, 2.75) is 19.8 Å². The van der Waals surface area contributed by atoms with Crippen molar-refractivity contribution in [3.8, 4) is 0 Å². The highest BCUT2D eigenvalue weighted by Crippen LogP contribution is 2.30. The molecule has 2 aromatic rings. The molecule has 11 heteroatoms. The van der Waals surface area contributed by atoms with Crippen molar-refractivity contribution in [1.29, 1.82) is 0 Å². The first-order valence-electron chi connectivity index (χ1n) is 9.52. The normalized spacial score (nSPS) is 13.0. The standard InChI is InChI=1S/C20H20N4O7/c1-13-5-4-6-17(24(29)30)19(13)21-18(25)12-31-20(26)15-11-14(23(27)28)7-8-16(15)22-9-2-3-10-22/h4-8,11H,2-3,9-10,12H2,1H3,(H,21,25). The Morgan fingerprint density at radius 1 is 1.10 bits per heavy atom. The minimum Gasteiger partial charge on any atom is -0.452 e. The average molecular weight is 428 g/mol. The van der Waals surface area contributed by atoms with Gasteiger partial charge in [-0.15, -0.1) is 0 Å². The highest BCUT2D eigenvalue weighted by Gasteiger charge is 2.24. The first kappa shape index (κ1) is 21.7. The Balaban J connectivity index is 1.75. The van der Waals surface area contributed by atoms with E-state index in [1.807, 2.05) is 4.90 Å². The highest BCUT2D eigenvalue weighted by molar-refractivity contribution is 6.00. The Morgan fingerprint density at radius 2 is 1.81 bits per heavy atom. The largest absolute Gasteiger partial charge is 0.452 e. The van der Waals surface area contributed by atoms with Gasteiger partial charge in [-0.2, -0.15) is 0 Å². The molecule has 1 N–H and O–H groups in total. The average Bonchev–Trinajstić information content (AvgIpc) is 3.27. The maximum Gasteiger partial charge on any atom is 0.341 e. The Kier molecular flexibility index (Phi) is 6.43. The number of carbonyl (C=O) groups is 2. The number of nitrogens with zero attached hydrogens (tertiary/aromatic N) is 3. The lowest BCUT2D eigenvalue weighted by atomic mass is 10.1. The summed E-state index contributed by atoms with van der Waals surface area (Å²) in [6.45, 7) is 2.30. The summed E-state index contributed by atoms with van der Waals surface area (Å²) in [6, 6.07) is 8.27. The van der Waals surface area contributed by atoms with Gasteiger partial charge in [-0.05, 0) is 31.4 Å². The van der Waals surface area contributed by atoms with Gasteiger partial charge in [0.1, 0.15) is 5.69 Å². The van der Waals surface area contributed by atoms with Crippen molar-refractivity contribution >= 4 is 34.6 Å². The van der Waals surface area contributed by atoms with Gasteiger partial charge in [0, 0.05) is 31.3 Å². The molecule has 0 bridgehead atoms. The number of aryl methyl sites for hydroxylation is 1. The summed E-state index contributed by atoms with van der Waals surface area (Å²) < 4.78 is 5.07. The molecule has 0 aromatic heterocycles. The topological polar surface area (TPSA) is 145 Å². The van der Waals surface area contributed by atoms with Gasteiger partial charge in [0.2, 0.25) is 0 Å². The molecule has 1 heterocycles. The Morgan fingerprint density at radius 3 is 2.45 bits per heavy atom. The number of non-ortho nitro benzene ring substituents is 1. The van der Waals surface area contributed by atoms with Gasteiger partial charge >= 0.3 is 5.97 Å². The quantitative estimate of drug-likeness (QED) is 0.402. The number of benzene rings is 2. The fourth-order valence-corrected chi connectivity index (χ4v) is 3.39. The first-order chi connectivity index (χ1) is 14.8. The van der Waals surface area contributed by atoms with Gasteiger partial charge in [-0.3, -0.25) is 25.0 Å². The number of nitro groups is 2. The molecule has 162 valence electrons. The van der Waals surface area contributed by atoms with Crippen molar-refractivity contribution in [3.05, 3.63) is 67.8 Å². The highest BCUT2D eigenvalue weighted by atomic mass is 16.6. The van der Waals surface area contributed by atoms with Crippen LogP contribution in [0.1, 0.15) is 28.8 Å². The fourth-order valence-electron chi connectivity index (χ4n) is 3.39. The summed E-state index contributed by atoms with van der Waals surface area (Å²) in [5.74, 6) is -1.65. The molecule has 11 nitrogen and oxygen atoms in total. The molecular weight excluding hydrogens is 408 g/mol. The second kappa shape index (κ2) is 9.20. The first-order valence-corrected chi connectivity index (χ1v) is 9.52. The van der Waals surface area contributed by atoms with Gasteiger partial charge < -0.3 is 15.0 Å². The van der Waals surface area contributed by atoms with Crippen LogP contribution in [0.25, 0.3) is 0 Å². The third-order valence-electron chi connectivity index (χ3n) is 4.90. The van der Waals surface area contributed by atoms with E-state index in [2.05, 4.69) is 5.32 Å². The van der Waals surface area contributed by atoms with Crippen LogP contribution in [0.4, 0.5) is 22.7 Å². The number of carbonyl (C=O) groups excluding carboxylic acids is 2. The number of amides is 1. The third kappa shape index (κ3) is 4.94. The van der Waals surface area contributed by atoms with Gasteiger partial charge in [0.15, 0.2) is 6.61 Å². The summed E-state index contributed by atoms with van der Waals surface area (Å²) in [6.07, 6.45) is 1.87. The SMILES string of the molecule is Cc1cccc([N+](=O)[O-])c1NC(=O)COC(=O)c1cc([N+](=O)[O-])ccc1N1CCCC1. The maximum absolute atomic E-state index is 12.6. The van der Waals surface area contributed by atoms with Crippen LogP contribution < -0.4 is 10.2 Å². The number of rotatable bonds is 7. The van der Waals surface area contributed by atoms with E-state index in [9.17, 15) is 29.8 Å². The number of ether oxygens (including phenoxy) is 1. The van der Waals surface area contributed by atoms with Gasteiger partial charge in [0.05, 0.1) is 21.1 Å². The Hall–Kier alpha value is -4.02. The molecule has 1 saturated heterocycles.